The van der Waals surface area contributed by atoms with Crippen molar-refractivity contribution < 1.29 is 9.47 Å². The fraction of sp³-hybridized carbons (Fsp3) is 0.435. The van der Waals surface area contributed by atoms with Crippen molar-refractivity contribution in [2.24, 2.45) is 13.0 Å². The first-order valence-electron chi connectivity index (χ1n) is 10.5. The Morgan fingerprint density at radius 2 is 1.68 bits per heavy atom. The monoisotopic (exact) mass is 464 g/mol. The average Bonchev–Trinajstić information content (AvgIpc) is 3.11. The van der Waals surface area contributed by atoms with Crippen molar-refractivity contribution in [1.29, 1.82) is 0 Å². The lowest BCUT2D eigenvalue weighted by molar-refractivity contribution is 0.0894. The first-order valence-corrected chi connectivity index (χ1v) is 10.5. The van der Waals surface area contributed by atoms with Gasteiger partial charge in [0, 0.05) is 26.7 Å². The quantitative estimate of drug-likeness (QED) is 0.616. The molecule has 5 rings (SSSR count). The number of para-hydroxylation sites is 4. The number of aromatic nitrogens is 2. The maximum absolute atomic E-state index is 6.03. The average molecular weight is 465 g/mol. The van der Waals surface area contributed by atoms with Gasteiger partial charge in [-0.3, -0.25) is 0 Å². The van der Waals surface area contributed by atoms with Gasteiger partial charge in [0.05, 0.1) is 11.0 Å². The highest BCUT2D eigenvalue weighted by atomic mass is 35.5. The molecule has 3 aromatic rings. The van der Waals surface area contributed by atoms with Gasteiger partial charge >= 0.3 is 0 Å². The van der Waals surface area contributed by atoms with Crippen LogP contribution in [0.4, 0.5) is 5.95 Å². The van der Waals surface area contributed by atoms with E-state index in [4.69, 9.17) is 14.5 Å². The number of fused-ring (bicyclic) bond motifs is 2. The molecule has 0 bridgehead atoms. The molecule has 2 aliphatic heterocycles. The SMILES string of the molecule is Cl.Cl.Cn1c(N2CCC(CNCC3COc4ccccc4O3)CC2)nc2ccccc21. The van der Waals surface area contributed by atoms with Crippen molar-refractivity contribution in [2.75, 3.05) is 37.7 Å². The largest absolute Gasteiger partial charge is 0.486 e. The van der Waals surface area contributed by atoms with Crippen molar-refractivity contribution in [3.8, 4) is 11.5 Å². The van der Waals surface area contributed by atoms with E-state index in [1.165, 1.54) is 18.4 Å². The zero-order valence-electron chi connectivity index (χ0n) is 17.7. The third kappa shape index (κ3) is 5.03. The van der Waals surface area contributed by atoms with Crippen molar-refractivity contribution in [1.82, 2.24) is 14.9 Å². The molecule has 1 atom stereocenters. The van der Waals surface area contributed by atoms with Crippen LogP contribution in [-0.2, 0) is 7.05 Å². The molecule has 1 N–H and O–H groups in total. The lowest BCUT2D eigenvalue weighted by Gasteiger charge is -2.33. The van der Waals surface area contributed by atoms with Crippen LogP contribution in [0.15, 0.2) is 48.5 Å². The Morgan fingerprint density at radius 1 is 0.968 bits per heavy atom. The Morgan fingerprint density at radius 3 is 2.45 bits per heavy atom. The third-order valence-electron chi connectivity index (χ3n) is 6.03. The molecule has 1 saturated heterocycles. The number of imidazole rings is 1. The minimum absolute atomic E-state index is 0. The molecule has 0 saturated carbocycles. The van der Waals surface area contributed by atoms with Crippen LogP contribution in [0.1, 0.15) is 12.8 Å². The molecular weight excluding hydrogens is 435 g/mol. The molecule has 0 spiro atoms. The Balaban J connectivity index is 0.00000136. The van der Waals surface area contributed by atoms with E-state index in [0.717, 1.165) is 49.1 Å². The molecule has 3 heterocycles. The molecule has 2 aliphatic rings. The number of rotatable bonds is 5. The molecule has 8 heteroatoms. The molecule has 0 amide bonds. The van der Waals surface area contributed by atoms with E-state index < -0.39 is 0 Å². The maximum Gasteiger partial charge on any atom is 0.206 e. The Kier molecular flexibility index (Phi) is 7.92. The summed E-state index contributed by atoms with van der Waals surface area (Å²) in [6.07, 6.45) is 2.44. The number of aryl methyl sites for hydroxylation is 1. The summed E-state index contributed by atoms with van der Waals surface area (Å²) in [5.74, 6) is 3.47. The van der Waals surface area contributed by atoms with E-state index in [9.17, 15) is 0 Å². The van der Waals surface area contributed by atoms with E-state index in [-0.39, 0.29) is 30.9 Å². The minimum Gasteiger partial charge on any atom is -0.486 e. The van der Waals surface area contributed by atoms with Gasteiger partial charge in [0.2, 0.25) is 5.95 Å². The summed E-state index contributed by atoms with van der Waals surface area (Å²) < 4.78 is 14.0. The summed E-state index contributed by atoms with van der Waals surface area (Å²) >= 11 is 0. The maximum atomic E-state index is 6.03. The Bertz CT molecular complexity index is 989. The topological polar surface area (TPSA) is 51.5 Å². The summed E-state index contributed by atoms with van der Waals surface area (Å²) in [4.78, 5) is 7.27. The van der Waals surface area contributed by atoms with Crippen LogP contribution in [0.3, 0.4) is 0 Å². The van der Waals surface area contributed by atoms with Crippen LogP contribution in [-0.4, -0.2) is 48.4 Å². The van der Waals surface area contributed by atoms with Gasteiger partial charge in [-0.15, -0.1) is 24.8 Å². The van der Waals surface area contributed by atoms with Crippen LogP contribution >= 0.6 is 24.8 Å². The second-order valence-electron chi connectivity index (χ2n) is 8.05. The van der Waals surface area contributed by atoms with E-state index >= 15 is 0 Å². The van der Waals surface area contributed by atoms with E-state index in [2.05, 4.69) is 46.1 Å². The highest BCUT2D eigenvalue weighted by molar-refractivity contribution is 5.85. The molecule has 1 fully saturated rings. The number of ether oxygens (including phenoxy) is 2. The van der Waals surface area contributed by atoms with Crippen molar-refractivity contribution >= 4 is 41.8 Å². The van der Waals surface area contributed by atoms with Gasteiger partial charge in [-0.05, 0) is 49.6 Å². The fourth-order valence-corrected chi connectivity index (χ4v) is 4.36. The van der Waals surface area contributed by atoms with Crippen LogP contribution in [0, 0.1) is 5.92 Å². The summed E-state index contributed by atoms with van der Waals surface area (Å²) in [6.45, 7) is 4.56. The third-order valence-corrected chi connectivity index (χ3v) is 6.03. The number of nitrogens with one attached hydrogen (secondary N) is 1. The number of hydrogen-bond acceptors (Lipinski definition) is 5. The number of benzene rings is 2. The summed E-state index contributed by atoms with van der Waals surface area (Å²) in [5, 5.41) is 3.60. The smallest absolute Gasteiger partial charge is 0.206 e. The standard InChI is InChI=1S/C23H28N4O2.2ClH/c1-26-20-7-3-2-6-19(20)25-23(26)27-12-10-17(11-13-27)14-24-15-18-16-28-21-8-4-5-9-22(21)29-18;;/h2-9,17-18,24H,10-16H2,1H3;2*1H. The second kappa shape index (κ2) is 10.4. The molecule has 168 valence electrons. The number of hydrogen-bond donors (Lipinski definition) is 1. The number of anilines is 1. The van der Waals surface area contributed by atoms with Gasteiger partial charge in [-0.1, -0.05) is 24.3 Å². The Labute approximate surface area is 195 Å². The van der Waals surface area contributed by atoms with Crippen LogP contribution in [0.25, 0.3) is 11.0 Å². The lowest BCUT2D eigenvalue weighted by atomic mass is 9.97. The van der Waals surface area contributed by atoms with Crippen LogP contribution in [0.2, 0.25) is 0 Å². The van der Waals surface area contributed by atoms with Crippen molar-refractivity contribution in [2.45, 2.75) is 18.9 Å². The zero-order chi connectivity index (χ0) is 19.6. The minimum atomic E-state index is 0. The summed E-state index contributed by atoms with van der Waals surface area (Å²) in [7, 11) is 2.11. The molecule has 0 aliphatic carbocycles. The predicted octanol–water partition coefficient (Wildman–Crippen LogP) is 4.06. The zero-order valence-corrected chi connectivity index (χ0v) is 19.3. The normalized spacial score (nSPS) is 18.4. The van der Waals surface area contributed by atoms with Gasteiger partial charge in [0.25, 0.3) is 0 Å². The lowest BCUT2D eigenvalue weighted by Crippen LogP contribution is -2.42. The van der Waals surface area contributed by atoms with Crippen LogP contribution in [0.5, 0.6) is 11.5 Å². The molecule has 6 nitrogen and oxygen atoms in total. The fourth-order valence-electron chi connectivity index (χ4n) is 4.36. The first-order chi connectivity index (χ1) is 14.3. The first kappa shape index (κ1) is 23.5. The molecular formula is C23H30Cl2N4O2. The Hall–Kier alpha value is -2.15. The molecule has 0 radical (unpaired) electrons. The van der Waals surface area contributed by atoms with E-state index in [1.807, 2.05) is 24.3 Å². The van der Waals surface area contributed by atoms with Gasteiger partial charge in [0.1, 0.15) is 12.7 Å². The highest BCUT2D eigenvalue weighted by Gasteiger charge is 2.24. The van der Waals surface area contributed by atoms with E-state index in [0.29, 0.717) is 12.5 Å². The van der Waals surface area contributed by atoms with Crippen LogP contribution < -0.4 is 19.7 Å². The van der Waals surface area contributed by atoms with Gasteiger partial charge in [-0.25, -0.2) is 4.98 Å². The van der Waals surface area contributed by atoms with Gasteiger partial charge < -0.3 is 24.3 Å². The van der Waals surface area contributed by atoms with Gasteiger partial charge in [0.15, 0.2) is 11.5 Å². The van der Waals surface area contributed by atoms with Crippen molar-refractivity contribution in [3.63, 3.8) is 0 Å². The molecule has 1 aromatic heterocycles. The molecule has 31 heavy (non-hydrogen) atoms. The van der Waals surface area contributed by atoms with E-state index in [1.54, 1.807) is 0 Å². The van der Waals surface area contributed by atoms with Gasteiger partial charge in [-0.2, -0.15) is 0 Å². The second-order valence-corrected chi connectivity index (χ2v) is 8.05. The summed E-state index contributed by atoms with van der Waals surface area (Å²) in [6, 6.07) is 16.2. The summed E-state index contributed by atoms with van der Waals surface area (Å²) in [5.41, 5.74) is 2.27. The predicted molar refractivity (Wildman–Crippen MR) is 129 cm³/mol. The number of nitrogens with zero attached hydrogens (tertiary/aromatic N) is 3. The number of halogens is 2. The molecule has 1 unspecified atom stereocenters. The molecule has 2 aromatic carbocycles. The highest BCUT2D eigenvalue weighted by Crippen LogP contribution is 2.31. The number of piperidine rings is 1. The van der Waals surface area contributed by atoms with Crippen molar-refractivity contribution in [3.05, 3.63) is 48.5 Å².